The molecule has 138 valence electrons. The average Bonchev–Trinajstić information content (AvgIpc) is 2.69. The molecule has 5 nitrogen and oxygen atoms in total. The number of hydrogen-bond donors (Lipinski definition) is 0. The van der Waals surface area contributed by atoms with Gasteiger partial charge in [0.15, 0.2) is 0 Å². The van der Waals surface area contributed by atoms with Crippen molar-refractivity contribution in [2.75, 3.05) is 27.9 Å². The van der Waals surface area contributed by atoms with Crippen LogP contribution in [0.1, 0.15) is 49.1 Å². The summed E-state index contributed by atoms with van der Waals surface area (Å²) in [6, 6.07) is 11.0. The third-order valence-corrected chi connectivity index (χ3v) is 7.93. The number of ether oxygens (including phenoxy) is 1. The van der Waals surface area contributed by atoms with Crippen LogP contribution in [0.25, 0.3) is 0 Å². The zero-order valence-electron chi connectivity index (χ0n) is 15.5. The molecule has 1 fully saturated rings. The molecular weight excluding hydrogens is 334 g/mol. The second-order valence-electron chi connectivity index (χ2n) is 6.48. The molecule has 25 heavy (non-hydrogen) atoms. The van der Waals surface area contributed by atoms with Crippen LogP contribution in [0.3, 0.4) is 0 Å². The lowest BCUT2D eigenvalue weighted by Gasteiger charge is -2.29. The lowest BCUT2D eigenvalue weighted by molar-refractivity contribution is 0.0225. The first-order chi connectivity index (χ1) is 12.2. The first-order valence-electron chi connectivity index (χ1n) is 8.93. The SMILES string of the molecule is CO[Si](CCCO[C@H]1CC[C@H](c2ccc(C#N)cc2)CC1)(OC)OC. The molecule has 0 saturated heterocycles. The minimum Gasteiger partial charge on any atom is -0.378 e. The fourth-order valence-corrected chi connectivity index (χ4v) is 5.18. The highest BCUT2D eigenvalue weighted by Gasteiger charge is 2.37. The third kappa shape index (κ3) is 5.63. The molecule has 0 radical (unpaired) electrons. The van der Waals surface area contributed by atoms with E-state index in [1.165, 1.54) is 5.56 Å². The van der Waals surface area contributed by atoms with Crippen molar-refractivity contribution in [3.8, 4) is 6.07 Å². The number of rotatable bonds is 9. The van der Waals surface area contributed by atoms with Crippen molar-refractivity contribution in [3.63, 3.8) is 0 Å². The second kappa shape index (κ2) is 10.0. The van der Waals surface area contributed by atoms with Crippen LogP contribution in [0.4, 0.5) is 0 Å². The van der Waals surface area contributed by atoms with E-state index in [1.54, 1.807) is 21.3 Å². The standard InChI is InChI=1S/C19H29NO4Si/c1-21-25(22-2,23-3)14-4-13-24-19-11-9-18(10-12-19)17-7-5-16(15-20)6-8-17/h5-8,18-19H,4,9-14H2,1-3H3/t18-,19-. The van der Waals surface area contributed by atoms with E-state index in [9.17, 15) is 0 Å². The molecule has 0 aromatic heterocycles. The number of benzene rings is 1. The highest BCUT2D eigenvalue weighted by Crippen LogP contribution is 2.34. The van der Waals surface area contributed by atoms with Gasteiger partial charge < -0.3 is 18.0 Å². The molecule has 6 heteroatoms. The van der Waals surface area contributed by atoms with Gasteiger partial charge in [-0.1, -0.05) is 12.1 Å². The summed E-state index contributed by atoms with van der Waals surface area (Å²) in [5.74, 6) is 0.586. The molecule has 2 rings (SSSR count). The Labute approximate surface area is 152 Å². The summed E-state index contributed by atoms with van der Waals surface area (Å²) in [7, 11) is 2.46. The molecule has 0 unspecified atom stereocenters. The Kier molecular flexibility index (Phi) is 8.07. The van der Waals surface area contributed by atoms with Gasteiger partial charge in [-0.25, -0.2) is 0 Å². The van der Waals surface area contributed by atoms with Crippen LogP contribution in [0.15, 0.2) is 24.3 Å². The molecule has 0 atom stereocenters. The van der Waals surface area contributed by atoms with Crippen LogP contribution in [-0.2, 0) is 18.0 Å². The summed E-state index contributed by atoms with van der Waals surface area (Å²) in [4.78, 5) is 0. The molecule has 1 aromatic rings. The van der Waals surface area contributed by atoms with E-state index >= 15 is 0 Å². The van der Waals surface area contributed by atoms with Crippen LogP contribution in [-0.4, -0.2) is 42.8 Å². The van der Waals surface area contributed by atoms with Gasteiger partial charge in [0.2, 0.25) is 0 Å². The van der Waals surface area contributed by atoms with E-state index in [0.29, 0.717) is 12.0 Å². The third-order valence-electron chi connectivity index (χ3n) is 5.10. The largest absolute Gasteiger partial charge is 0.500 e. The zero-order chi connectivity index (χ0) is 18.1. The highest BCUT2D eigenvalue weighted by atomic mass is 28.4. The van der Waals surface area contributed by atoms with E-state index < -0.39 is 8.80 Å². The van der Waals surface area contributed by atoms with Crippen molar-refractivity contribution in [2.24, 2.45) is 0 Å². The Morgan fingerprint density at radius 1 is 1.00 bits per heavy atom. The van der Waals surface area contributed by atoms with Gasteiger partial charge in [0, 0.05) is 34.0 Å². The van der Waals surface area contributed by atoms with Crippen LogP contribution >= 0.6 is 0 Å². The zero-order valence-corrected chi connectivity index (χ0v) is 16.5. The molecular formula is C19H29NO4Si. The van der Waals surface area contributed by atoms with Gasteiger partial charge in [0.25, 0.3) is 0 Å². The minimum atomic E-state index is -2.47. The fourth-order valence-electron chi connectivity index (χ4n) is 3.49. The summed E-state index contributed by atoms with van der Waals surface area (Å²) >= 11 is 0. The maximum Gasteiger partial charge on any atom is 0.500 e. The van der Waals surface area contributed by atoms with Gasteiger partial charge in [0.05, 0.1) is 17.7 Å². The monoisotopic (exact) mass is 363 g/mol. The lowest BCUT2D eigenvalue weighted by Crippen LogP contribution is -2.42. The Morgan fingerprint density at radius 2 is 1.60 bits per heavy atom. The predicted octanol–water partition coefficient (Wildman–Crippen LogP) is 3.87. The van der Waals surface area contributed by atoms with Gasteiger partial charge in [-0.2, -0.15) is 5.26 Å². The summed E-state index contributed by atoms with van der Waals surface area (Å²) in [5, 5.41) is 8.89. The molecule has 0 bridgehead atoms. The van der Waals surface area contributed by atoms with Crippen LogP contribution in [0.2, 0.25) is 6.04 Å². The first-order valence-corrected chi connectivity index (χ1v) is 10.9. The number of nitrogens with zero attached hydrogens (tertiary/aromatic N) is 1. The van der Waals surface area contributed by atoms with Gasteiger partial charge in [-0.15, -0.1) is 0 Å². The molecule has 1 aromatic carbocycles. The van der Waals surface area contributed by atoms with E-state index in [0.717, 1.165) is 50.3 Å². The maximum absolute atomic E-state index is 8.89. The van der Waals surface area contributed by atoms with E-state index in [4.69, 9.17) is 23.3 Å². The van der Waals surface area contributed by atoms with E-state index in [-0.39, 0.29) is 0 Å². The molecule has 0 aliphatic heterocycles. The fraction of sp³-hybridized carbons (Fsp3) is 0.632. The van der Waals surface area contributed by atoms with Gasteiger partial charge >= 0.3 is 8.80 Å². The molecule has 0 N–H and O–H groups in total. The van der Waals surface area contributed by atoms with Crippen molar-refractivity contribution >= 4 is 8.80 Å². The van der Waals surface area contributed by atoms with Gasteiger partial charge in [-0.05, 0) is 55.7 Å². The Balaban J connectivity index is 1.69. The van der Waals surface area contributed by atoms with Crippen LogP contribution in [0.5, 0.6) is 0 Å². The summed E-state index contributed by atoms with van der Waals surface area (Å²) < 4.78 is 22.3. The Hall–Kier alpha value is -1.23. The molecule has 0 spiro atoms. The van der Waals surface area contributed by atoms with Crippen LogP contribution < -0.4 is 0 Å². The first kappa shape index (κ1) is 20.1. The topological polar surface area (TPSA) is 60.7 Å². The molecule has 1 aliphatic rings. The minimum absolute atomic E-state index is 0.346. The van der Waals surface area contributed by atoms with E-state index in [1.807, 2.05) is 12.1 Å². The smallest absolute Gasteiger partial charge is 0.378 e. The predicted molar refractivity (Wildman–Crippen MR) is 98.3 cm³/mol. The molecule has 1 saturated carbocycles. The molecule has 1 aliphatic carbocycles. The number of nitriles is 1. The van der Waals surface area contributed by atoms with Gasteiger partial charge in [0.1, 0.15) is 0 Å². The summed E-state index contributed by atoms with van der Waals surface area (Å²) in [6.07, 6.45) is 5.70. The maximum atomic E-state index is 8.89. The van der Waals surface area contributed by atoms with Gasteiger partial charge in [-0.3, -0.25) is 0 Å². The van der Waals surface area contributed by atoms with Crippen molar-refractivity contribution in [3.05, 3.63) is 35.4 Å². The lowest BCUT2D eigenvalue weighted by atomic mass is 9.82. The normalized spacial score (nSPS) is 21.0. The summed E-state index contributed by atoms with van der Waals surface area (Å²) in [5.41, 5.74) is 2.07. The Morgan fingerprint density at radius 3 is 2.12 bits per heavy atom. The Bertz CT molecular complexity index is 537. The number of hydrogen-bond acceptors (Lipinski definition) is 5. The van der Waals surface area contributed by atoms with Crippen molar-refractivity contribution in [1.29, 1.82) is 5.26 Å². The van der Waals surface area contributed by atoms with Crippen molar-refractivity contribution in [1.82, 2.24) is 0 Å². The van der Waals surface area contributed by atoms with Crippen molar-refractivity contribution < 1.29 is 18.0 Å². The quantitative estimate of drug-likeness (QED) is 0.492. The van der Waals surface area contributed by atoms with Crippen molar-refractivity contribution in [2.45, 2.75) is 50.2 Å². The molecule has 0 heterocycles. The average molecular weight is 364 g/mol. The summed E-state index contributed by atoms with van der Waals surface area (Å²) in [6.45, 7) is 0.719. The molecule has 0 amide bonds. The highest BCUT2D eigenvalue weighted by molar-refractivity contribution is 6.60. The second-order valence-corrected chi connectivity index (χ2v) is 9.57. The van der Waals surface area contributed by atoms with Crippen LogP contribution in [0, 0.1) is 11.3 Å². The van der Waals surface area contributed by atoms with E-state index in [2.05, 4.69) is 18.2 Å².